The summed E-state index contributed by atoms with van der Waals surface area (Å²) in [6, 6.07) is 10.8. The Morgan fingerprint density at radius 3 is 1.67 bits per heavy atom. The van der Waals surface area contributed by atoms with Crippen LogP contribution in [0.25, 0.3) is 0 Å². The first-order valence-electron chi connectivity index (χ1n) is 3.10. The van der Waals surface area contributed by atoms with Crippen molar-refractivity contribution in [2.45, 2.75) is 6.92 Å². The van der Waals surface area contributed by atoms with E-state index in [-0.39, 0.29) is 51.4 Å². The first kappa shape index (κ1) is 15.3. The van der Waals surface area contributed by atoms with Gasteiger partial charge in [-0.1, -0.05) is 6.92 Å². The molecule has 5 heteroatoms. The number of rotatable bonds is 0. The second-order valence-corrected chi connectivity index (χ2v) is 1.92. The Kier molecular flexibility index (Phi) is 12.6. The number of hydrogen-bond acceptors (Lipinski definition) is 3. The molecule has 0 saturated carbocycles. The van der Waals surface area contributed by atoms with Crippen molar-refractivity contribution in [2.24, 2.45) is 0 Å². The summed E-state index contributed by atoms with van der Waals surface area (Å²) in [5.41, 5.74) is 1.29. The van der Waals surface area contributed by atoms with Gasteiger partial charge in [0.25, 0.3) is 0 Å². The van der Waals surface area contributed by atoms with Crippen molar-refractivity contribution in [3.63, 3.8) is 0 Å². The third-order valence-electron chi connectivity index (χ3n) is 0.885. The smallest absolute Gasteiger partial charge is 0.402 e. The predicted molar refractivity (Wildman–Crippen MR) is 42.4 cm³/mol. The van der Waals surface area contributed by atoms with Crippen LogP contribution in [0.1, 0.15) is 5.56 Å². The zero-order valence-corrected chi connectivity index (χ0v) is 10.4. The molecule has 12 heavy (non-hydrogen) atoms. The van der Waals surface area contributed by atoms with Gasteiger partial charge in [-0.15, -0.1) is 0 Å². The first-order valence-corrected chi connectivity index (χ1v) is 3.10. The quantitative estimate of drug-likeness (QED) is 0.299. The van der Waals surface area contributed by atoms with E-state index in [1.807, 2.05) is 24.3 Å². The van der Waals surface area contributed by atoms with Gasteiger partial charge in [0.15, 0.2) is 0 Å². The van der Waals surface area contributed by atoms with Crippen LogP contribution in [0.2, 0.25) is 0 Å². The van der Waals surface area contributed by atoms with Crippen LogP contribution >= 0.6 is 0 Å². The van der Waals surface area contributed by atoms with Gasteiger partial charge in [0, 0.05) is 0 Å². The van der Waals surface area contributed by atoms with Gasteiger partial charge in [0.1, 0.15) is 0 Å². The Balaban J connectivity index is 0. The molecule has 0 spiro atoms. The average Bonchev–Trinajstić information content (AvgIpc) is 1.87. The van der Waals surface area contributed by atoms with Gasteiger partial charge < -0.3 is 15.1 Å². The van der Waals surface area contributed by atoms with Crippen LogP contribution in [-0.4, -0.2) is 22.4 Å². The molecule has 0 bridgehead atoms. The van der Waals surface area contributed by atoms with E-state index in [2.05, 4.69) is 13.0 Å². The molecule has 0 aliphatic rings. The summed E-state index contributed by atoms with van der Waals surface area (Å²) in [4.78, 5) is 0. The Morgan fingerprint density at radius 1 is 1.17 bits per heavy atom. The van der Waals surface area contributed by atoms with Crippen molar-refractivity contribution in [1.82, 2.24) is 0 Å². The second kappa shape index (κ2) is 9.89. The molecule has 0 amide bonds. The fourth-order valence-electron chi connectivity index (χ4n) is 0.470. The van der Waals surface area contributed by atoms with E-state index < -0.39 is 7.32 Å². The molecule has 0 aliphatic heterocycles. The molecule has 3 nitrogen and oxygen atoms in total. The minimum Gasteiger partial charge on any atom is -0.402 e. The molecule has 1 aromatic carbocycles. The standard InChI is InChI=1S/C7H7.BH3O3.K/c1-7-5-3-2-4-6-7;2-1(3)4;/h3-6H,1H3;2-4H;/q-1;;+1. The molecule has 0 aliphatic carbocycles. The largest absolute Gasteiger partial charge is 1.00 e. The van der Waals surface area contributed by atoms with Gasteiger partial charge in [-0.25, -0.2) is 0 Å². The zero-order chi connectivity index (χ0) is 8.69. The summed E-state index contributed by atoms with van der Waals surface area (Å²) < 4.78 is 0. The van der Waals surface area contributed by atoms with E-state index in [0.29, 0.717) is 0 Å². The Bertz CT molecular complexity index is 179. The van der Waals surface area contributed by atoms with Gasteiger partial charge >= 0.3 is 58.7 Å². The first-order chi connectivity index (χ1) is 5.13. The fourth-order valence-corrected chi connectivity index (χ4v) is 0.470. The molecule has 0 fully saturated rings. The normalized spacial score (nSPS) is 7.33. The molecule has 0 atom stereocenters. The van der Waals surface area contributed by atoms with Gasteiger partial charge in [0.05, 0.1) is 0 Å². The van der Waals surface area contributed by atoms with Gasteiger partial charge in [-0.05, 0) is 0 Å². The van der Waals surface area contributed by atoms with Crippen LogP contribution in [0.3, 0.4) is 0 Å². The summed E-state index contributed by atoms with van der Waals surface area (Å²) in [6.45, 7) is 2.06. The number of hydrogen-bond donors (Lipinski definition) is 3. The molecule has 0 aromatic heterocycles. The molecule has 0 radical (unpaired) electrons. The summed E-state index contributed by atoms with van der Waals surface area (Å²) in [5, 5.41) is 21.5. The summed E-state index contributed by atoms with van der Waals surface area (Å²) >= 11 is 0. The molecule has 3 N–H and O–H groups in total. The van der Waals surface area contributed by atoms with Crippen molar-refractivity contribution >= 4 is 7.32 Å². The van der Waals surface area contributed by atoms with Crippen molar-refractivity contribution in [2.75, 3.05) is 0 Å². The van der Waals surface area contributed by atoms with Gasteiger partial charge in [-0.3, -0.25) is 0 Å². The maximum absolute atomic E-state index is 7.17. The van der Waals surface area contributed by atoms with E-state index in [9.17, 15) is 0 Å². The molecular weight excluding hydrogens is 182 g/mol. The van der Waals surface area contributed by atoms with E-state index in [1.165, 1.54) is 5.56 Å². The maximum atomic E-state index is 7.17. The van der Waals surface area contributed by atoms with Crippen molar-refractivity contribution in [1.29, 1.82) is 0 Å². The molecule has 1 aromatic rings. The molecule has 0 saturated heterocycles. The number of benzene rings is 1. The third kappa shape index (κ3) is 13.4. The minimum atomic E-state index is -2.17. The minimum absolute atomic E-state index is 0. The summed E-state index contributed by atoms with van der Waals surface area (Å²) in [5.74, 6) is 0. The van der Waals surface area contributed by atoms with Crippen LogP contribution in [0.4, 0.5) is 0 Å². The molecule has 60 valence electrons. The Morgan fingerprint density at radius 2 is 1.50 bits per heavy atom. The molecular formula is C7H10BKO3. The Hall–Kier alpha value is 0.801. The van der Waals surface area contributed by atoms with Crippen LogP contribution in [0, 0.1) is 13.0 Å². The topological polar surface area (TPSA) is 60.7 Å². The fraction of sp³-hybridized carbons (Fsp3) is 0.143. The summed E-state index contributed by atoms with van der Waals surface area (Å²) in [6.07, 6.45) is 0. The number of aryl methyl sites for hydroxylation is 1. The van der Waals surface area contributed by atoms with E-state index >= 15 is 0 Å². The predicted octanol–water partition coefficient (Wildman–Crippen LogP) is -3.25. The zero-order valence-electron chi connectivity index (χ0n) is 7.23. The van der Waals surface area contributed by atoms with Crippen LogP contribution in [0.15, 0.2) is 24.3 Å². The van der Waals surface area contributed by atoms with Gasteiger partial charge in [0.2, 0.25) is 0 Å². The SMILES string of the molecule is Cc1cc[c-]cc1.OB(O)O.[K+]. The molecule has 1 rings (SSSR count). The maximum Gasteiger partial charge on any atom is 1.00 e. The van der Waals surface area contributed by atoms with Crippen LogP contribution in [0.5, 0.6) is 0 Å². The van der Waals surface area contributed by atoms with E-state index in [1.54, 1.807) is 0 Å². The monoisotopic (exact) mass is 192 g/mol. The van der Waals surface area contributed by atoms with E-state index in [0.717, 1.165) is 0 Å². The van der Waals surface area contributed by atoms with Crippen molar-refractivity contribution < 1.29 is 66.5 Å². The molecule has 0 unspecified atom stereocenters. The van der Waals surface area contributed by atoms with Gasteiger partial charge in [-0.2, -0.15) is 35.9 Å². The van der Waals surface area contributed by atoms with E-state index in [4.69, 9.17) is 15.1 Å². The molecule has 0 heterocycles. The Labute approximate surface area is 115 Å². The average molecular weight is 192 g/mol. The summed E-state index contributed by atoms with van der Waals surface area (Å²) in [7, 11) is -2.17. The van der Waals surface area contributed by atoms with Crippen molar-refractivity contribution in [3.05, 3.63) is 35.9 Å². The van der Waals surface area contributed by atoms with Crippen LogP contribution in [-0.2, 0) is 0 Å². The van der Waals surface area contributed by atoms with Crippen molar-refractivity contribution in [3.8, 4) is 0 Å². The second-order valence-electron chi connectivity index (χ2n) is 1.92. The third-order valence-corrected chi connectivity index (χ3v) is 0.885. The van der Waals surface area contributed by atoms with Crippen LogP contribution < -0.4 is 51.4 Å².